The zero-order chi connectivity index (χ0) is 23.5. The minimum Gasteiger partial charge on any atom is -0.440 e. The minimum atomic E-state index is -0.880. The molecule has 3 N–H and O–H groups in total. The van der Waals surface area contributed by atoms with E-state index in [0.717, 1.165) is 11.6 Å². The molecular formula is C21H19ClFN7O3. The Hall–Kier alpha value is -3.83. The number of rotatable bonds is 7. The monoisotopic (exact) mass is 471 g/mol. The van der Waals surface area contributed by atoms with Gasteiger partial charge in [0.05, 0.1) is 23.9 Å². The molecule has 0 spiro atoms. The predicted molar refractivity (Wildman–Crippen MR) is 117 cm³/mol. The molecule has 0 radical (unpaired) electrons. The summed E-state index contributed by atoms with van der Waals surface area (Å²) in [5.41, 5.74) is 1.86. The van der Waals surface area contributed by atoms with E-state index in [9.17, 15) is 14.3 Å². The summed E-state index contributed by atoms with van der Waals surface area (Å²) in [5, 5.41) is 19.3. The second kappa shape index (κ2) is 9.35. The maximum Gasteiger partial charge on any atom is 0.307 e. The molecule has 3 aromatic heterocycles. The zero-order valence-electron chi connectivity index (χ0n) is 17.6. The molecule has 3 heterocycles. The zero-order valence-corrected chi connectivity index (χ0v) is 18.3. The molecule has 0 saturated heterocycles. The van der Waals surface area contributed by atoms with Crippen LogP contribution in [0.3, 0.4) is 0 Å². The third-order valence-corrected chi connectivity index (χ3v) is 5.11. The maximum atomic E-state index is 13.8. The predicted octanol–water partition coefficient (Wildman–Crippen LogP) is 3.17. The largest absolute Gasteiger partial charge is 0.440 e. The Morgan fingerprint density at radius 1 is 1.33 bits per heavy atom. The van der Waals surface area contributed by atoms with Gasteiger partial charge in [0.15, 0.2) is 0 Å². The van der Waals surface area contributed by atoms with Crippen LogP contribution >= 0.6 is 11.6 Å². The molecule has 0 aliphatic heterocycles. The van der Waals surface area contributed by atoms with Crippen LogP contribution in [0.5, 0.6) is 0 Å². The van der Waals surface area contributed by atoms with Gasteiger partial charge >= 0.3 is 5.91 Å². The average Bonchev–Trinajstić information content (AvgIpc) is 3.45. The Bertz CT molecular complexity index is 1310. The van der Waals surface area contributed by atoms with Crippen molar-refractivity contribution in [2.75, 3.05) is 11.9 Å². The molecule has 1 aromatic carbocycles. The number of carbonyl (C=O) groups excluding carboxylic acids is 1. The lowest BCUT2D eigenvalue weighted by Gasteiger charge is -2.16. The molecule has 0 saturated carbocycles. The van der Waals surface area contributed by atoms with E-state index >= 15 is 0 Å². The van der Waals surface area contributed by atoms with E-state index in [4.69, 9.17) is 16.0 Å². The van der Waals surface area contributed by atoms with Crippen molar-refractivity contribution in [1.82, 2.24) is 30.0 Å². The number of nitrogens with one attached hydrogen (secondary N) is 2. The summed E-state index contributed by atoms with van der Waals surface area (Å²) in [7, 11) is 1.78. The number of hydrogen-bond acceptors (Lipinski definition) is 8. The van der Waals surface area contributed by atoms with E-state index in [1.54, 1.807) is 37.1 Å². The summed E-state index contributed by atoms with van der Waals surface area (Å²) in [6.45, 7) is 1.34. The first kappa shape index (κ1) is 22.4. The van der Waals surface area contributed by atoms with Gasteiger partial charge in [0, 0.05) is 19.3 Å². The Labute approximate surface area is 192 Å². The molecule has 33 heavy (non-hydrogen) atoms. The van der Waals surface area contributed by atoms with Crippen molar-refractivity contribution in [3.63, 3.8) is 0 Å². The number of aryl methyl sites for hydroxylation is 2. The second-order valence-electron chi connectivity index (χ2n) is 7.11. The highest BCUT2D eigenvalue weighted by atomic mass is 35.5. The van der Waals surface area contributed by atoms with E-state index in [0.29, 0.717) is 28.7 Å². The van der Waals surface area contributed by atoms with E-state index in [2.05, 4.69) is 30.7 Å². The van der Waals surface area contributed by atoms with Crippen LogP contribution in [0, 0.1) is 12.7 Å². The number of aliphatic hydroxyl groups is 1. The summed E-state index contributed by atoms with van der Waals surface area (Å²) in [6.07, 6.45) is 4.55. The molecule has 0 unspecified atom stereocenters. The molecule has 170 valence electrons. The number of benzene rings is 1. The van der Waals surface area contributed by atoms with E-state index in [1.807, 2.05) is 0 Å². The van der Waals surface area contributed by atoms with Crippen molar-refractivity contribution in [3.8, 4) is 11.4 Å². The van der Waals surface area contributed by atoms with Crippen molar-refractivity contribution in [3.05, 3.63) is 70.8 Å². The van der Waals surface area contributed by atoms with Gasteiger partial charge in [0.25, 0.3) is 5.89 Å². The lowest BCUT2D eigenvalue weighted by Crippen LogP contribution is -2.31. The molecular weight excluding hydrogens is 453 g/mol. The van der Waals surface area contributed by atoms with Crippen LogP contribution in [0.15, 0.2) is 47.3 Å². The van der Waals surface area contributed by atoms with Gasteiger partial charge in [-0.2, -0.15) is 5.10 Å². The summed E-state index contributed by atoms with van der Waals surface area (Å²) >= 11 is 5.69. The Kier molecular flexibility index (Phi) is 6.33. The van der Waals surface area contributed by atoms with Gasteiger partial charge in [-0.15, -0.1) is 0 Å². The number of nitrogens with zero attached hydrogens (tertiary/aromatic N) is 5. The van der Waals surface area contributed by atoms with Crippen LogP contribution in [-0.2, 0) is 7.05 Å². The van der Waals surface area contributed by atoms with E-state index in [-0.39, 0.29) is 10.9 Å². The highest BCUT2D eigenvalue weighted by Gasteiger charge is 2.21. The van der Waals surface area contributed by atoms with E-state index < -0.39 is 24.4 Å². The number of carbonyl (C=O) groups is 1. The van der Waals surface area contributed by atoms with Gasteiger partial charge in [-0.1, -0.05) is 17.7 Å². The Morgan fingerprint density at radius 2 is 2.15 bits per heavy atom. The topological polar surface area (TPSA) is 131 Å². The Balaban J connectivity index is 1.53. The third-order valence-electron chi connectivity index (χ3n) is 4.81. The van der Waals surface area contributed by atoms with Crippen LogP contribution < -0.4 is 10.6 Å². The number of halogens is 2. The number of oxazole rings is 1. The van der Waals surface area contributed by atoms with Gasteiger partial charge in [-0.25, -0.2) is 19.3 Å². The van der Waals surface area contributed by atoms with Crippen LogP contribution in [0.25, 0.3) is 11.4 Å². The summed E-state index contributed by atoms with van der Waals surface area (Å²) in [5.74, 6) is -0.570. The highest BCUT2D eigenvalue weighted by molar-refractivity contribution is 6.30. The van der Waals surface area contributed by atoms with Crippen molar-refractivity contribution >= 4 is 29.3 Å². The number of amides is 1. The molecule has 4 aromatic rings. The summed E-state index contributed by atoms with van der Waals surface area (Å²) in [6, 6.07) is 4.89. The summed E-state index contributed by atoms with van der Waals surface area (Å²) < 4.78 is 20.7. The number of aromatic nitrogens is 5. The van der Waals surface area contributed by atoms with Gasteiger partial charge in [0.1, 0.15) is 29.3 Å². The molecule has 4 rings (SSSR count). The Morgan fingerprint density at radius 3 is 2.85 bits per heavy atom. The van der Waals surface area contributed by atoms with Crippen molar-refractivity contribution in [1.29, 1.82) is 0 Å². The molecule has 1 amide bonds. The van der Waals surface area contributed by atoms with Gasteiger partial charge < -0.3 is 20.2 Å². The molecule has 0 bridgehead atoms. The average molecular weight is 472 g/mol. The lowest BCUT2D eigenvalue weighted by molar-refractivity contribution is 0.0881. The van der Waals surface area contributed by atoms with Crippen LogP contribution in [-0.4, -0.2) is 42.4 Å². The SMILES string of the molecule is Cc1cnc(Nc2ccnn2C)nc1-c1coc(C(=O)N[C@H](CO)c2ccc(Cl)c(F)c2)n1. The van der Waals surface area contributed by atoms with Crippen molar-refractivity contribution in [2.24, 2.45) is 7.05 Å². The van der Waals surface area contributed by atoms with Crippen molar-refractivity contribution in [2.45, 2.75) is 13.0 Å². The highest BCUT2D eigenvalue weighted by Crippen LogP contribution is 2.24. The fourth-order valence-corrected chi connectivity index (χ4v) is 3.16. The number of anilines is 2. The fraction of sp³-hybridized carbons (Fsp3) is 0.190. The minimum absolute atomic E-state index is 0.0587. The van der Waals surface area contributed by atoms with E-state index in [1.165, 1.54) is 18.4 Å². The first-order chi connectivity index (χ1) is 15.9. The van der Waals surface area contributed by atoms with Crippen LogP contribution in [0.4, 0.5) is 16.2 Å². The van der Waals surface area contributed by atoms with Gasteiger partial charge in [0.2, 0.25) is 5.95 Å². The normalized spacial score (nSPS) is 11.9. The molecule has 0 aliphatic rings. The molecule has 12 heteroatoms. The maximum absolute atomic E-state index is 13.8. The standard InChI is InChI=1S/C21H19ClFN7O3/c1-11-8-24-21(28-17-5-6-25-30(17)2)29-18(11)16-10-33-20(27-16)19(32)26-15(9-31)12-3-4-13(22)14(23)7-12/h3-8,10,15,31H,9H2,1-2H3,(H,26,32)(H,24,28,29)/t15-/m1/s1. The molecule has 1 atom stereocenters. The summed E-state index contributed by atoms with van der Waals surface area (Å²) in [4.78, 5) is 25.6. The molecule has 0 aliphatic carbocycles. The number of aliphatic hydroxyl groups excluding tert-OH is 1. The van der Waals surface area contributed by atoms with Crippen LogP contribution in [0.2, 0.25) is 5.02 Å². The quantitative estimate of drug-likeness (QED) is 0.374. The van der Waals surface area contributed by atoms with Gasteiger partial charge in [-0.3, -0.25) is 9.48 Å². The third kappa shape index (κ3) is 4.83. The lowest BCUT2D eigenvalue weighted by atomic mass is 10.1. The van der Waals surface area contributed by atoms with Crippen molar-refractivity contribution < 1.29 is 18.7 Å². The molecule has 10 nitrogen and oxygen atoms in total. The first-order valence-corrected chi connectivity index (χ1v) is 10.1. The smallest absolute Gasteiger partial charge is 0.307 e. The first-order valence-electron chi connectivity index (χ1n) is 9.77. The molecule has 0 fully saturated rings. The number of hydrogen-bond donors (Lipinski definition) is 3. The second-order valence-corrected chi connectivity index (χ2v) is 7.52. The van der Waals surface area contributed by atoms with Crippen LogP contribution in [0.1, 0.15) is 27.9 Å². The van der Waals surface area contributed by atoms with Gasteiger partial charge in [-0.05, 0) is 30.2 Å². The fourth-order valence-electron chi connectivity index (χ4n) is 3.04.